The molecule has 0 spiro atoms. The minimum absolute atomic E-state index is 0.176. The summed E-state index contributed by atoms with van der Waals surface area (Å²) in [4.78, 5) is 26.1. The average molecular weight is 327 g/mol. The monoisotopic (exact) mass is 327 g/mol. The maximum Gasteiger partial charge on any atom is 0.411 e. The van der Waals surface area contributed by atoms with Crippen molar-refractivity contribution in [2.45, 2.75) is 71.8 Å². The topological polar surface area (TPSA) is 76.1 Å². The third-order valence-corrected chi connectivity index (χ3v) is 3.37. The number of aliphatic hydroxyl groups excluding tert-OH is 1. The van der Waals surface area contributed by atoms with Gasteiger partial charge in [-0.05, 0) is 48.5 Å². The smallest absolute Gasteiger partial charge is 0.411 e. The number of esters is 1. The van der Waals surface area contributed by atoms with Gasteiger partial charge in [0.2, 0.25) is 0 Å². The summed E-state index contributed by atoms with van der Waals surface area (Å²) in [7, 11) is 0. The summed E-state index contributed by atoms with van der Waals surface area (Å²) in [5, 5.41) is 10.5. The number of hydrogen-bond acceptors (Lipinski definition) is 5. The highest BCUT2D eigenvalue weighted by Gasteiger charge is 2.50. The molecule has 1 aliphatic rings. The van der Waals surface area contributed by atoms with Gasteiger partial charge in [-0.2, -0.15) is 0 Å². The van der Waals surface area contributed by atoms with E-state index in [1.54, 1.807) is 48.5 Å². The molecule has 3 atom stereocenters. The molecule has 0 aromatic rings. The summed E-state index contributed by atoms with van der Waals surface area (Å²) in [5.41, 5.74) is -0.698. The molecule has 1 heterocycles. The van der Waals surface area contributed by atoms with Crippen LogP contribution in [0.5, 0.6) is 0 Å². The van der Waals surface area contributed by atoms with Crippen LogP contribution >= 0.6 is 0 Å². The van der Waals surface area contributed by atoms with Gasteiger partial charge in [-0.3, -0.25) is 4.90 Å². The number of carbonyl (C=O) groups excluding carboxylic acids is 2. The number of rotatable bonds is 2. The van der Waals surface area contributed by atoms with Gasteiger partial charge < -0.3 is 14.6 Å². The number of ether oxygens (including phenoxy) is 2. The molecule has 1 amide bonds. The Labute approximate surface area is 138 Å². The van der Waals surface area contributed by atoms with E-state index in [2.05, 4.69) is 6.58 Å². The highest BCUT2D eigenvalue weighted by Crippen LogP contribution is 2.31. The van der Waals surface area contributed by atoms with Crippen LogP contribution in [0.1, 0.15) is 48.5 Å². The number of aliphatic hydroxyl groups is 1. The molecule has 1 N–H and O–H groups in total. The lowest BCUT2D eigenvalue weighted by Crippen LogP contribution is -2.49. The van der Waals surface area contributed by atoms with E-state index in [1.807, 2.05) is 0 Å². The minimum atomic E-state index is -1.09. The van der Waals surface area contributed by atoms with Crippen LogP contribution in [-0.2, 0) is 14.3 Å². The molecule has 6 heteroatoms. The van der Waals surface area contributed by atoms with Crippen molar-refractivity contribution < 1.29 is 24.2 Å². The van der Waals surface area contributed by atoms with Crippen LogP contribution in [0.2, 0.25) is 0 Å². The van der Waals surface area contributed by atoms with Crippen molar-refractivity contribution in [3.05, 3.63) is 12.2 Å². The molecular weight excluding hydrogens is 298 g/mol. The molecule has 0 aliphatic carbocycles. The lowest BCUT2D eigenvalue weighted by Gasteiger charge is -2.30. The van der Waals surface area contributed by atoms with Crippen LogP contribution in [-0.4, -0.2) is 52.0 Å². The van der Waals surface area contributed by atoms with E-state index in [4.69, 9.17) is 9.47 Å². The molecular formula is C17H29NO5. The first kappa shape index (κ1) is 19.5. The van der Waals surface area contributed by atoms with Gasteiger partial charge in [-0.15, -0.1) is 0 Å². The Morgan fingerprint density at radius 2 is 1.57 bits per heavy atom. The highest BCUT2D eigenvalue weighted by atomic mass is 16.6. The Hall–Kier alpha value is -1.56. The molecule has 1 rings (SSSR count). The fourth-order valence-corrected chi connectivity index (χ4v) is 2.42. The molecule has 132 valence electrons. The summed E-state index contributed by atoms with van der Waals surface area (Å²) in [6, 6.07) is -1.09. The minimum Gasteiger partial charge on any atom is -0.458 e. The van der Waals surface area contributed by atoms with Crippen LogP contribution in [0.15, 0.2) is 12.2 Å². The maximum atomic E-state index is 12.5. The van der Waals surface area contributed by atoms with Gasteiger partial charge in [-0.25, -0.2) is 9.59 Å². The average Bonchev–Trinajstić information content (AvgIpc) is 2.62. The molecule has 1 aliphatic heterocycles. The Morgan fingerprint density at radius 1 is 1.09 bits per heavy atom. The molecule has 1 saturated heterocycles. The number of nitrogens with zero attached hydrogens (tertiary/aromatic N) is 1. The maximum absolute atomic E-state index is 12.5. The molecule has 0 aromatic heterocycles. The first-order chi connectivity index (χ1) is 10.2. The molecule has 0 radical (unpaired) electrons. The molecule has 23 heavy (non-hydrogen) atoms. The van der Waals surface area contributed by atoms with Crippen LogP contribution in [0.25, 0.3) is 0 Å². The van der Waals surface area contributed by atoms with E-state index in [0.717, 1.165) is 0 Å². The van der Waals surface area contributed by atoms with Crippen LogP contribution in [0, 0.1) is 5.92 Å². The molecule has 1 fully saturated rings. The van der Waals surface area contributed by atoms with E-state index in [9.17, 15) is 14.7 Å². The molecule has 0 unspecified atom stereocenters. The van der Waals surface area contributed by atoms with Crippen molar-refractivity contribution in [3.63, 3.8) is 0 Å². The van der Waals surface area contributed by atoms with Gasteiger partial charge in [-0.1, -0.05) is 12.2 Å². The quantitative estimate of drug-likeness (QED) is 0.623. The Morgan fingerprint density at radius 3 is 1.96 bits per heavy atom. The van der Waals surface area contributed by atoms with Crippen molar-refractivity contribution >= 4 is 12.1 Å². The number of hydrogen-bond donors (Lipinski definition) is 1. The van der Waals surface area contributed by atoms with Gasteiger partial charge in [0.1, 0.15) is 11.2 Å². The third-order valence-electron chi connectivity index (χ3n) is 3.37. The Balaban J connectivity index is 3.06. The Bertz CT molecular complexity index is 486. The first-order valence-electron chi connectivity index (χ1n) is 7.79. The van der Waals surface area contributed by atoms with Crippen LogP contribution in [0.4, 0.5) is 4.79 Å². The van der Waals surface area contributed by atoms with Crippen molar-refractivity contribution in [1.82, 2.24) is 4.90 Å². The van der Waals surface area contributed by atoms with Crippen LogP contribution < -0.4 is 0 Å². The summed E-state index contributed by atoms with van der Waals surface area (Å²) < 4.78 is 10.7. The van der Waals surface area contributed by atoms with Crippen LogP contribution in [0.3, 0.4) is 0 Å². The first-order valence-corrected chi connectivity index (χ1v) is 7.79. The summed E-state index contributed by atoms with van der Waals surface area (Å²) in [6.45, 7) is 16.2. The summed E-state index contributed by atoms with van der Waals surface area (Å²) in [6.07, 6.45) is -1.70. The van der Waals surface area contributed by atoms with E-state index < -0.39 is 35.4 Å². The molecule has 6 nitrogen and oxygen atoms in total. The fraction of sp³-hybridized carbons (Fsp3) is 0.765. The lowest BCUT2D eigenvalue weighted by molar-refractivity contribution is -0.163. The highest BCUT2D eigenvalue weighted by molar-refractivity contribution is 5.83. The van der Waals surface area contributed by atoms with Gasteiger partial charge in [0.15, 0.2) is 6.04 Å². The van der Waals surface area contributed by atoms with E-state index in [-0.39, 0.29) is 12.5 Å². The third kappa shape index (κ3) is 5.23. The molecule has 0 aromatic carbocycles. The van der Waals surface area contributed by atoms with Gasteiger partial charge in [0.25, 0.3) is 0 Å². The lowest BCUT2D eigenvalue weighted by atomic mass is 9.95. The van der Waals surface area contributed by atoms with E-state index in [1.165, 1.54) is 4.90 Å². The van der Waals surface area contributed by atoms with Crippen molar-refractivity contribution in [2.24, 2.45) is 5.92 Å². The second-order valence-electron chi connectivity index (χ2n) is 8.05. The van der Waals surface area contributed by atoms with E-state index >= 15 is 0 Å². The normalized spacial score (nSPS) is 25.2. The van der Waals surface area contributed by atoms with Crippen molar-refractivity contribution in [2.75, 3.05) is 6.54 Å². The van der Waals surface area contributed by atoms with Gasteiger partial charge in [0, 0.05) is 12.5 Å². The standard InChI is InChI=1S/C17H29NO5/c1-10(2)11-9-18(15(21)23-17(6,7)8)12(13(11)19)14(20)22-16(3,4)5/h11-13,19H,1,9H2,2-8H3/t11-,12-,13-/m0/s1. The number of likely N-dealkylation sites (tertiary alicyclic amines) is 1. The second-order valence-corrected chi connectivity index (χ2v) is 8.05. The Kier molecular flexibility index (Phi) is 5.52. The number of carbonyl (C=O) groups is 2. The van der Waals surface area contributed by atoms with Gasteiger partial charge in [0.05, 0.1) is 6.10 Å². The second kappa shape index (κ2) is 6.51. The summed E-state index contributed by atoms with van der Waals surface area (Å²) in [5.74, 6) is -1.03. The largest absolute Gasteiger partial charge is 0.458 e. The zero-order chi connectivity index (χ0) is 18.2. The zero-order valence-electron chi connectivity index (χ0n) is 15.2. The van der Waals surface area contributed by atoms with Crippen molar-refractivity contribution in [1.29, 1.82) is 0 Å². The summed E-state index contributed by atoms with van der Waals surface area (Å²) >= 11 is 0. The predicted molar refractivity (Wildman–Crippen MR) is 86.9 cm³/mol. The SMILES string of the molecule is C=C(C)[C@@H]1CN(C(=O)OC(C)(C)C)[C@H](C(=O)OC(C)(C)C)[C@H]1O. The molecule has 0 bridgehead atoms. The predicted octanol–water partition coefficient (Wildman–Crippen LogP) is 2.50. The molecule has 0 saturated carbocycles. The van der Waals surface area contributed by atoms with Gasteiger partial charge >= 0.3 is 12.1 Å². The van der Waals surface area contributed by atoms with Crippen molar-refractivity contribution in [3.8, 4) is 0 Å². The number of amides is 1. The zero-order valence-corrected chi connectivity index (χ0v) is 15.2. The fourth-order valence-electron chi connectivity index (χ4n) is 2.42. The van der Waals surface area contributed by atoms with E-state index in [0.29, 0.717) is 5.57 Å².